The van der Waals surface area contributed by atoms with Gasteiger partial charge in [-0.15, -0.1) is 0 Å². The minimum Gasteiger partial charge on any atom is -0.436 e. The summed E-state index contributed by atoms with van der Waals surface area (Å²) >= 11 is 0. The second kappa shape index (κ2) is 8.19. The van der Waals surface area contributed by atoms with Gasteiger partial charge in [-0.3, -0.25) is 0 Å². The normalized spacial score (nSPS) is 11.7. The van der Waals surface area contributed by atoms with Crippen LogP contribution in [0.25, 0.3) is 71.9 Å². The highest BCUT2D eigenvalue weighted by Gasteiger charge is 2.15. The molecular weight excluding hydrogens is 464 g/mol. The molecule has 0 aliphatic carbocycles. The van der Waals surface area contributed by atoms with Crippen molar-refractivity contribution in [3.8, 4) is 28.3 Å². The first-order valence-electron chi connectivity index (χ1n) is 12.8. The van der Waals surface area contributed by atoms with Gasteiger partial charge in [-0.05, 0) is 64.9 Å². The summed E-state index contributed by atoms with van der Waals surface area (Å²) in [6.07, 6.45) is 0. The van der Waals surface area contributed by atoms with E-state index in [2.05, 4.69) is 126 Å². The van der Waals surface area contributed by atoms with Crippen LogP contribution in [-0.4, -0.2) is 9.55 Å². The lowest BCUT2D eigenvalue weighted by Gasteiger charge is -2.08. The Morgan fingerprint density at radius 2 is 1.18 bits per heavy atom. The van der Waals surface area contributed by atoms with Gasteiger partial charge in [-0.2, -0.15) is 0 Å². The fourth-order valence-electron chi connectivity index (χ4n) is 5.62. The van der Waals surface area contributed by atoms with Crippen LogP contribution in [0.5, 0.6) is 0 Å². The Bertz CT molecular complexity index is 2080. The van der Waals surface area contributed by atoms with E-state index in [1.165, 1.54) is 32.6 Å². The number of benzene rings is 6. The molecule has 0 unspecified atom stereocenters. The third-order valence-electron chi connectivity index (χ3n) is 7.43. The Balaban J connectivity index is 1.22. The highest BCUT2D eigenvalue weighted by molar-refractivity contribution is 6.09. The summed E-state index contributed by atoms with van der Waals surface area (Å²) in [4.78, 5) is 4.96. The minimum absolute atomic E-state index is 0.627. The van der Waals surface area contributed by atoms with Gasteiger partial charge in [0.05, 0.1) is 11.0 Å². The zero-order valence-corrected chi connectivity index (χ0v) is 20.5. The Hall–Kier alpha value is -5.15. The highest BCUT2D eigenvalue weighted by Crippen LogP contribution is 2.35. The van der Waals surface area contributed by atoms with Crippen molar-refractivity contribution in [3.63, 3.8) is 0 Å². The number of fused-ring (bicyclic) bond motifs is 5. The van der Waals surface area contributed by atoms with E-state index in [0.717, 1.165) is 33.5 Å². The lowest BCUT2D eigenvalue weighted by Crippen LogP contribution is -1.93. The summed E-state index contributed by atoms with van der Waals surface area (Å²) in [5, 5.41) is 4.96. The molecule has 0 N–H and O–H groups in total. The fourth-order valence-corrected chi connectivity index (χ4v) is 5.62. The van der Waals surface area contributed by atoms with Crippen molar-refractivity contribution in [1.82, 2.24) is 9.55 Å². The largest absolute Gasteiger partial charge is 0.436 e. The number of oxazole rings is 1. The Labute approximate surface area is 219 Å². The van der Waals surface area contributed by atoms with Crippen LogP contribution in [0.1, 0.15) is 0 Å². The maximum Gasteiger partial charge on any atom is 0.227 e. The zero-order valence-electron chi connectivity index (χ0n) is 20.5. The average Bonchev–Trinajstić information content (AvgIpc) is 3.57. The van der Waals surface area contributed by atoms with Crippen LogP contribution in [0.15, 0.2) is 138 Å². The van der Waals surface area contributed by atoms with Gasteiger partial charge in [0.15, 0.2) is 5.58 Å². The molecule has 8 aromatic rings. The molecule has 38 heavy (non-hydrogen) atoms. The van der Waals surface area contributed by atoms with Crippen molar-refractivity contribution in [2.24, 2.45) is 0 Å². The number of hydrogen-bond acceptors (Lipinski definition) is 2. The molecule has 3 heteroatoms. The Kier molecular flexibility index (Phi) is 4.52. The van der Waals surface area contributed by atoms with Gasteiger partial charge in [0, 0.05) is 27.6 Å². The molecule has 2 aromatic heterocycles. The zero-order chi connectivity index (χ0) is 25.1. The molecule has 0 bridgehead atoms. The molecule has 0 spiro atoms. The van der Waals surface area contributed by atoms with Gasteiger partial charge in [0.1, 0.15) is 5.52 Å². The van der Waals surface area contributed by atoms with Crippen molar-refractivity contribution in [1.29, 1.82) is 0 Å². The molecule has 8 rings (SSSR count). The van der Waals surface area contributed by atoms with Gasteiger partial charge < -0.3 is 8.98 Å². The van der Waals surface area contributed by atoms with Crippen molar-refractivity contribution >= 4 is 43.7 Å². The van der Waals surface area contributed by atoms with Gasteiger partial charge in [0.25, 0.3) is 0 Å². The highest BCUT2D eigenvalue weighted by atomic mass is 16.3. The van der Waals surface area contributed by atoms with Crippen LogP contribution >= 0.6 is 0 Å². The standard InChI is InChI=1S/C35H22N2O/c1-2-9-25-22-26(17-16-23(25)8-1)28-12-7-15-33-34(28)36-35(38-33)24-18-20-27(21-19-24)37-31-13-5-3-10-29(31)30-11-4-6-14-32(30)37/h1-22H. The van der Waals surface area contributed by atoms with Crippen LogP contribution < -0.4 is 0 Å². The Morgan fingerprint density at radius 3 is 1.95 bits per heavy atom. The predicted octanol–water partition coefficient (Wildman–Crippen LogP) is 9.41. The maximum atomic E-state index is 6.26. The molecule has 0 fully saturated rings. The number of rotatable bonds is 3. The van der Waals surface area contributed by atoms with Gasteiger partial charge >= 0.3 is 0 Å². The smallest absolute Gasteiger partial charge is 0.227 e. The quantitative estimate of drug-likeness (QED) is 0.249. The van der Waals surface area contributed by atoms with Crippen LogP contribution in [0, 0.1) is 0 Å². The first-order chi connectivity index (χ1) is 18.8. The monoisotopic (exact) mass is 486 g/mol. The Morgan fingerprint density at radius 1 is 0.526 bits per heavy atom. The van der Waals surface area contributed by atoms with E-state index in [4.69, 9.17) is 9.40 Å². The predicted molar refractivity (Wildman–Crippen MR) is 157 cm³/mol. The SMILES string of the molecule is c1ccc2cc(-c3cccc4oc(-c5ccc(-n6c7ccccc7c7ccccc76)cc5)nc34)ccc2c1. The van der Waals surface area contributed by atoms with Crippen molar-refractivity contribution in [3.05, 3.63) is 133 Å². The van der Waals surface area contributed by atoms with Crippen molar-refractivity contribution in [2.75, 3.05) is 0 Å². The summed E-state index contributed by atoms with van der Waals surface area (Å²) in [6.45, 7) is 0. The van der Waals surface area contributed by atoms with E-state index in [9.17, 15) is 0 Å². The molecule has 6 aromatic carbocycles. The third kappa shape index (κ3) is 3.19. The van der Waals surface area contributed by atoms with Crippen LogP contribution in [0.2, 0.25) is 0 Å². The van der Waals surface area contributed by atoms with Gasteiger partial charge in [-0.1, -0.05) is 84.9 Å². The molecule has 0 amide bonds. The first-order valence-corrected chi connectivity index (χ1v) is 12.8. The lowest BCUT2D eigenvalue weighted by molar-refractivity contribution is 0.620. The van der Waals surface area contributed by atoms with E-state index in [1.54, 1.807) is 0 Å². The molecule has 2 heterocycles. The number of nitrogens with zero attached hydrogens (tertiary/aromatic N) is 2. The van der Waals surface area contributed by atoms with E-state index < -0.39 is 0 Å². The van der Waals surface area contributed by atoms with Crippen LogP contribution in [0.4, 0.5) is 0 Å². The molecule has 0 aliphatic rings. The van der Waals surface area contributed by atoms with E-state index in [0.29, 0.717) is 5.89 Å². The molecule has 178 valence electrons. The topological polar surface area (TPSA) is 31.0 Å². The molecule has 0 radical (unpaired) electrons. The molecule has 0 saturated carbocycles. The second-order valence-corrected chi connectivity index (χ2v) is 9.65. The first kappa shape index (κ1) is 21.0. The van der Waals surface area contributed by atoms with E-state index >= 15 is 0 Å². The molecule has 3 nitrogen and oxygen atoms in total. The molecule has 0 aliphatic heterocycles. The van der Waals surface area contributed by atoms with E-state index in [1.807, 2.05) is 12.1 Å². The summed E-state index contributed by atoms with van der Waals surface area (Å²) < 4.78 is 8.57. The fraction of sp³-hybridized carbons (Fsp3) is 0. The third-order valence-corrected chi connectivity index (χ3v) is 7.43. The maximum absolute atomic E-state index is 6.26. The number of para-hydroxylation sites is 3. The van der Waals surface area contributed by atoms with E-state index in [-0.39, 0.29) is 0 Å². The molecule has 0 saturated heterocycles. The number of hydrogen-bond donors (Lipinski definition) is 0. The summed E-state index contributed by atoms with van der Waals surface area (Å²) in [5.41, 5.74) is 8.34. The van der Waals surface area contributed by atoms with Gasteiger partial charge in [-0.25, -0.2) is 4.98 Å². The minimum atomic E-state index is 0.627. The summed E-state index contributed by atoms with van der Waals surface area (Å²) in [6, 6.07) is 46.7. The second-order valence-electron chi connectivity index (χ2n) is 9.65. The van der Waals surface area contributed by atoms with Crippen molar-refractivity contribution in [2.45, 2.75) is 0 Å². The van der Waals surface area contributed by atoms with Crippen molar-refractivity contribution < 1.29 is 4.42 Å². The van der Waals surface area contributed by atoms with Gasteiger partial charge in [0.2, 0.25) is 5.89 Å². The van der Waals surface area contributed by atoms with Crippen LogP contribution in [0.3, 0.4) is 0 Å². The number of aromatic nitrogens is 2. The summed E-state index contributed by atoms with van der Waals surface area (Å²) in [5.74, 6) is 0.627. The molecule has 0 atom stereocenters. The molecular formula is C35H22N2O. The summed E-state index contributed by atoms with van der Waals surface area (Å²) in [7, 11) is 0. The van der Waals surface area contributed by atoms with Crippen LogP contribution in [-0.2, 0) is 0 Å². The lowest BCUT2D eigenvalue weighted by atomic mass is 10.0. The average molecular weight is 487 g/mol.